The van der Waals surface area contributed by atoms with Crippen LogP contribution in [0.25, 0.3) is 0 Å². The molecule has 1 N–H and O–H groups in total. The molecule has 0 aromatic heterocycles. The van der Waals surface area contributed by atoms with Crippen molar-refractivity contribution < 1.29 is 19.0 Å². The summed E-state index contributed by atoms with van der Waals surface area (Å²) in [5.41, 5.74) is 1.37. The van der Waals surface area contributed by atoms with E-state index in [-0.39, 0.29) is 28.9 Å². The minimum absolute atomic E-state index is 0.0316. The van der Waals surface area contributed by atoms with Crippen molar-refractivity contribution in [3.63, 3.8) is 0 Å². The third kappa shape index (κ3) is 3.30. The second-order valence-corrected chi connectivity index (χ2v) is 10.6. The Balaban J connectivity index is 1.65. The average Bonchev–Trinajstić information content (AvgIpc) is 3.19. The summed E-state index contributed by atoms with van der Waals surface area (Å²) in [7, 11) is 3.33. The summed E-state index contributed by atoms with van der Waals surface area (Å²) in [5.74, 6) is 3.05. The maximum Gasteiger partial charge on any atom is 0.220 e. The second-order valence-electron chi connectivity index (χ2n) is 10.6. The van der Waals surface area contributed by atoms with Gasteiger partial charge in [0.05, 0.1) is 20.3 Å². The van der Waals surface area contributed by atoms with E-state index in [1.54, 1.807) is 14.2 Å². The molecule has 1 heterocycles. The molecule has 2 bridgehead atoms. The zero-order chi connectivity index (χ0) is 21.7. The van der Waals surface area contributed by atoms with Gasteiger partial charge in [-0.1, -0.05) is 33.8 Å². The molecule has 3 aliphatic rings. The molecule has 1 aliphatic heterocycles. The Morgan fingerprint density at radius 1 is 1.23 bits per heavy atom. The summed E-state index contributed by atoms with van der Waals surface area (Å²) >= 11 is 0. The largest absolute Gasteiger partial charge is 0.493 e. The van der Waals surface area contributed by atoms with Crippen molar-refractivity contribution in [2.45, 2.75) is 65.5 Å². The highest BCUT2D eigenvalue weighted by atomic mass is 16.5. The highest BCUT2D eigenvalue weighted by Gasteiger charge is 2.68. The summed E-state index contributed by atoms with van der Waals surface area (Å²) in [6.45, 7) is 9.64. The first kappa shape index (κ1) is 21.5. The quantitative estimate of drug-likeness (QED) is 0.729. The minimum Gasteiger partial charge on any atom is -0.493 e. The number of hydrogen-bond acceptors (Lipinski definition) is 4. The lowest BCUT2D eigenvalue weighted by atomic mass is 9.58. The number of benzene rings is 1. The van der Waals surface area contributed by atoms with Crippen LogP contribution >= 0.6 is 0 Å². The van der Waals surface area contributed by atoms with Gasteiger partial charge in [0, 0.05) is 19.1 Å². The van der Waals surface area contributed by atoms with Crippen LogP contribution in [0, 0.1) is 28.6 Å². The fourth-order valence-corrected chi connectivity index (χ4v) is 6.74. The molecule has 0 radical (unpaired) electrons. The van der Waals surface area contributed by atoms with Crippen LogP contribution in [0.1, 0.15) is 65.0 Å². The molecule has 4 rings (SSSR count). The lowest BCUT2D eigenvalue weighted by molar-refractivity contribution is -0.137. The summed E-state index contributed by atoms with van der Waals surface area (Å²) in [6, 6.07) is 6.34. The number of nitrogens with one attached hydrogen (secondary N) is 1. The topological polar surface area (TPSA) is 56.8 Å². The number of fused-ring (bicyclic) bond motifs is 1. The molecule has 5 atom stereocenters. The third-order valence-corrected chi connectivity index (χ3v) is 8.14. The van der Waals surface area contributed by atoms with Gasteiger partial charge in [0.25, 0.3) is 0 Å². The number of carbonyl (C=O) groups excluding carboxylic acids is 1. The van der Waals surface area contributed by atoms with Gasteiger partial charge in [-0.25, -0.2) is 0 Å². The molecular weight excluding hydrogens is 378 g/mol. The van der Waals surface area contributed by atoms with Crippen LogP contribution in [-0.4, -0.2) is 32.8 Å². The van der Waals surface area contributed by atoms with Crippen molar-refractivity contribution in [2.24, 2.45) is 28.6 Å². The SMILES string of the molecule is COc1ccc([C@H]2OCCC34C[C@@H](C[C@H]23)C(C)(C)[C@@H]4NC(=O)CC(C)C)cc1OC. The van der Waals surface area contributed by atoms with Crippen LogP contribution in [0.4, 0.5) is 0 Å². The predicted molar refractivity (Wildman–Crippen MR) is 117 cm³/mol. The van der Waals surface area contributed by atoms with Gasteiger partial charge in [0.1, 0.15) is 0 Å². The lowest BCUT2D eigenvalue weighted by Gasteiger charge is -2.53. The van der Waals surface area contributed by atoms with E-state index in [1.165, 1.54) is 6.42 Å². The zero-order valence-corrected chi connectivity index (χ0v) is 19.3. The molecule has 2 aliphatic carbocycles. The van der Waals surface area contributed by atoms with Gasteiger partial charge < -0.3 is 19.5 Å². The van der Waals surface area contributed by atoms with E-state index in [0.717, 1.165) is 36.5 Å². The summed E-state index contributed by atoms with van der Waals surface area (Å²) in [4.78, 5) is 12.8. The van der Waals surface area contributed by atoms with Crippen molar-refractivity contribution in [1.82, 2.24) is 5.32 Å². The molecule has 1 aromatic carbocycles. The van der Waals surface area contributed by atoms with Crippen LogP contribution in [0.15, 0.2) is 18.2 Å². The standard InChI is InChI=1S/C25H37NO4/c1-15(2)11-21(27)26-23-24(3,4)17-13-18-22(30-10-9-25(18,23)14-17)16-7-8-19(28-5)20(12-16)29-6/h7-8,12,15,17-18,22-23H,9-11,13-14H2,1-6H3,(H,26,27)/t17-,18-,22-,23+,25?/m1/s1. The maximum absolute atomic E-state index is 12.8. The maximum atomic E-state index is 12.8. The first-order valence-corrected chi connectivity index (χ1v) is 11.4. The van der Waals surface area contributed by atoms with E-state index >= 15 is 0 Å². The Kier molecular flexibility index (Phi) is 5.54. The molecule has 3 fully saturated rings. The Bertz CT molecular complexity index is 804. The highest BCUT2D eigenvalue weighted by molar-refractivity contribution is 5.76. The molecule has 5 nitrogen and oxygen atoms in total. The van der Waals surface area contributed by atoms with Gasteiger partial charge in [-0.15, -0.1) is 0 Å². The highest BCUT2D eigenvalue weighted by Crippen LogP contribution is 2.70. The summed E-state index contributed by atoms with van der Waals surface area (Å²) in [5, 5.41) is 3.50. The van der Waals surface area contributed by atoms with Crippen molar-refractivity contribution in [3.8, 4) is 11.5 Å². The molecule has 1 amide bonds. The molecule has 1 unspecified atom stereocenters. The van der Waals surface area contributed by atoms with Crippen LogP contribution < -0.4 is 14.8 Å². The molecule has 1 saturated heterocycles. The van der Waals surface area contributed by atoms with E-state index in [1.807, 2.05) is 6.07 Å². The predicted octanol–water partition coefficient (Wildman–Crippen LogP) is 4.75. The normalized spacial score (nSPS) is 34.0. The van der Waals surface area contributed by atoms with Crippen molar-refractivity contribution in [3.05, 3.63) is 23.8 Å². The van der Waals surface area contributed by atoms with Gasteiger partial charge in [-0.3, -0.25) is 4.79 Å². The average molecular weight is 416 g/mol. The lowest BCUT2D eigenvalue weighted by Crippen LogP contribution is -2.59. The number of amides is 1. The number of methoxy groups -OCH3 is 2. The van der Waals surface area contributed by atoms with Crippen molar-refractivity contribution in [1.29, 1.82) is 0 Å². The fourth-order valence-electron chi connectivity index (χ4n) is 6.74. The monoisotopic (exact) mass is 415 g/mol. The van der Waals surface area contributed by atoms with Gasteiger partial charge in [0.2, 0.25) is 5.91 Å². The van der Waals surface area contributed by atoms with Gasteiger partial charge in [-0.05, 0) is 65.5 Å². The molecule has 1 spiro atoms. The van der Waals surface area contributed by atoms with E-state index in [9.17, 15) is 4.79 Å². The Morgan fingerprint density at radius 3 is 2.63 bits per heavy atom. The van der Waals surface area contributed by atoms with Crippen molar-refractivity contribution >= 4 is 5.91 Å². The third-order valence-electron chi connectivity index (χ3n) is 8.14. The van der Waals surface area contributed by atoms with Crippen LogP contribution in [0.2, 0.25) is 0 Å². The first-order valence-electron chi connectivity index (χ1n) is 11.4. The van der Waals surface area contributed by atoms with Gasteiger partial charge in [-0.2, -0.15) is 0 Å². The number of hydrogen-bond donors (Lipinski definition) is 1. The van der Waals surface area contributed by atoms with Gasteiger partial charge in [0.15, 0.2) is 11.5 Å². The number of carbonyl (C=O) groups is 1. The van der Waals surface area contributed by atoms with E-state index in [0.29, 0.717) is 24.2 Å². The van der Waals surface area contributed by atoms with Crippen molar-refractivity contribution in [2.75, 3.05) is 20.8 Å². The Hall–Kier alpha value is -1.75. The molecule has 5 heteroatoms. The minimum atomic E-state index is 0.0316. The second kappa shape index (κ2) is 7.74. The van der Waals surface area contributed by atoms with Crippen LogP contribution in [0.5, 0.6) is 11.5 Å². The van der Waals surface area contributed by atoms with E-state index < -0.39 is 0 Å². The van der Waals surface area contributed by atoms with E-state index in [4.69, 9.17) is 14.2 Å². The molecule has 2 saturated carbocycles. The van der Waals surface area contributed by atoms with Gasteiger partial charge >= 0.3 is 0 Å². The molecule has 166 valence electrons. The molecule has 1 aromatic rings. The summed E-state index contributed by atoms with van der Waals surface area (Å²) in [6.07, 6.45) is 3.98. The zero-order valence-electron chi connectivity index (χ0n) is 19.3. The van der Waals surface area contributed by atoms with Crippen LogP contribution in [0.3, 0.4) is 0 Å². The van der Waals surface area contributed by atoms with E-state index in [2.05, 4.69) is 45.1 Å². The Morgan fingerprint density at radius 2 is 1.97 bits per heavy atom. The summed E-state index contributed by atoms with van der Waals surface area (Å²) < 4.78 is 17.3. The number of rotatable bonds is 6. The molecular formula is C25H37NO4. The van der Waals surface area contributed by atoms with Crippen LogP contribution in [-0.2, 0) is 9.53 Å². The smallest absolute Gasteiger partial charge is 0.220 e. The number of ether oxygens (including phenoxy) is 3. The molecule has 30 heavy (non-hydrogen) atoms. The Labute approximate surface area is 180 Å². The first-order chi connectivity index (χ1) is 14.2. The fraction of sp³-hybridized carbons (Fsp3) is 0.720.